The van der Waals surface area contributed by atoms with E-state index in [0.29, 0.717) is 16.6 Å². The summed E-state index contributed by atoms with van der Waals surface area (Å²) >= 11 is 3.23. The first-order chi connectivity index (χ1) is 8.56. The zero-order chi connectivity index (χ0) is 13.1. The quantitative estimate of drug-likeness (QED) is 0.882. The molecule has 1 aliphatic heterocycles. The van der Waals surface area contributed by atoms with E-state index in [1.165, 1.54) is 12.8 Å². The molecular weight excluding hydrogens is 295 g/mol. The molecule has 1 aromatic carbocycles. The molecule has 2 N–H and O–H groups in total. The number of hydrogen-bond donors (Lipinski definition) is 2. The van der Waals surface area contributed by atoms with Crippen LogP contribution in [0.1, 0.15) is 31.7 Å². The fraction of sp³-hybridized carbons (Fsp3) is 0.571. The molecule has 0 aromatic heterocycles. The summed E-state index contributed by atoms with van der Waals surface area (Å²) in [5.74, 6) is -0.205. The van der Waals surface area contributed by atoms with Crippen LogP contribution in [0.4, 0.5) is 10.1 Å². The fourth-order valence-electron chi connectivity index (χ4n) is 2.51. The Kier molecular flexibility index (Phi) is 4.62. The van der Waals surface area contributed by atoms with Gasteiger partial charge in [-0.2, -0.15) is 0 Å². The third kappa shape index (κ3) is 3.45. The van der Waals surface area contributed by atoms with E-state index >= 15 is 0 Å². The van der Waals surface area contributed by atoms with Gasteiger partial charge >= 0.3 is 0 Å². The number of rotatable bonds is 4. The van der Waals surface area contributed by atoms with Gasteiger partial charge < -0.3 is 10.6 Å². The highest BCUT2D eigenvalue weighted by Gasteiger charge is 2.17. The van der Waals surface area contributed by atoms with Gasteiger partial charge in [0.2, 0.25) is 0 Å². The van der Waals surface area contributed by atoms with Crippen molar-refractivity contribution in [3.05, 3.63) is 28.0 Å². The van der Waals surface area contributed by atoms with Crippen LogP contribution in [-0.2, 0) is 0 Å². The highest BCUT2D eigenvalue weighted by molar-refractivity contribution is 9.10. The van der Waals surface area contributed by atoms with E-state index in [1.807, 2.05) is 13.0 Å². The first kappa shape index (κ1) is 13.8. The lowest BCUT2D eigenvalue weighted by Gasteiger charge is -2.20. The summed E-state index contributed by atoms with van der Waals surface area (Å²) in [6, 6.07) is 4.39. The molecule has 1 fully saturated rings. The van der Waals surface area contributed by atoms with Crippen molar-refractivity contribution in [2.75, 3.05) is 11.9 Å². The van der Waals surface area contributed by atoms with Gasteiger partial charge in [-0.3, -0.25) is 0 Å². The van der Waals surface area contributed by atoms with Gasteiger partial charge in [0, 0.05) is 17.8 Å². The van der Waals surface area contributed by atoms with Crippen molar-refractivity contribution < 1.29 is 4.39 Å². The van der Waals surface area contributed by atoms with Crippen LogP contribution in [0.2, 0.25) is 0 Å². The Morgan fingerprint density at radius 2 is 2.33 bits per heavy atom. The molecule has 0 bridgehead atoms. The predicted molar refractivity (Wildman–Crippen MR) is 77.6 cm³/mol. The minimum atomic E-state index is -0.205. The molecule has 1 saturated heterocycles. The average molecular weight is 315 g/mol. The zero-order valence-electron chi connectivity index (χ0n) is 10.9. The molecule has 1 aromatic rings. The van der Waals surface area contributed by atoms with Crippen molar-refractivity contribution in [3.8, 4) is 0 Å². The third-order valence-electron chi connectivity index (χ3n) is 3.47. The van der Waals surface area contributed by atoms with Crippen molar-refractivity contribution in [2.45, 2.75) is 45.2 Å². The van der Waals surface area contributed by atoms with Gasteiger partial charge in [-0.15, -0.1) is 0 Å². The van der Waals surface area contributed by atoms with Gasteiger partial charge in [-0.25, -0.2) is 4.39 Å². The summed E-state index contributed by atoms with van der Waals surface area (Å²) in [4.78, 5) is 0. The number of benzene rings is 1. The summed E-state index contributed by atoms with van der Waals surface area (Å²) in [7, 11) is 0. The van der Waals surface area contributed by atoms with E-state index in [0.717, 1.165) is 24.2 Å². The Morgan fingerprint density at radius 1 is 1.56 bits per heavy atom. The maximum atomic E-state index is 13.3. The van der Waals surface area contributed by atoms with E-state index < -0.39 is 0 Å². The van der Waals surface area contributed by atoms with Crippen molar-refractivity contribution in [1.82, 2.24) is 5.32 Å². The SMILES string of the molecule is Cc1cc(F)c(Br)cc1NC(C)CC1CCCN1. The van der Waals surface area contributed by atoms with Crippen LogP contribution < -0.4 is 10.6 Å². The molecule has 1 heterocycles. The molecule has 1 aliphatic rings. The molecule has 0 aliphatic carbocycles. The van der Waals surface area contributed by atoms with Gasteiger partial charge in [0.05, 0.1) is 4.47 Å². The number of halogens is 2. The molecule has 2 rings (SSSR count). The second kappa shape index (κ2) is 6.02. The highest BCUT2D eigenvalue weighted by atomic mass is 79.9. The first-order valence-electron chi connectivity index (χ1n) is 6.52. The second-order valence-electron chi connectivity index (χ2n) is 5.16. The predicted octanol–water partition coefficient (Wildman–Crippen LogP) is 3.84. The third-order valence-corrected chi connectivity index (χ3v) is 4.08. The van der Waals surface area contributed by atoms with Gasteiger partial charge in [0.1, 0.15) is 5.82 Å². The summed E-state index contributed by atoms with van der Waals surface area (Å²) in [6.45, 7) is 5.24. The monoisotopic (exact) mass is 314 g/mol. The Balaban J connectivity index is 1.97. The second-order valence-corrected chi connectivity index (χ2v) is 6.01. The molecule has 0 amide bonds. The van der Waals surface area contributed by atoms with Gasteiger partial charge in [-0.1, -0.05) is 0 Å². The van der Waals surface area contributed by atoms with Crippen molar-refractivity contribution >= 4 is 21.6 Å². The van der Waals surface area contributed by atoms with Gasteiger partial charge in [-0.05, 0) is 73.3 Å². The van der Waals surface area contributed by atoms with E-state index in [4.69, 9.17) is 0 Å². The smallest absolute Gasteiger partial charge is 0.137 e. The lowest BCUT2D eigenvalue weighted by atomic mass is 10.1. The Labute approximate surface area is 116 Å². The molecule has 100 valence electrons. The van der Waals surface area contributed by atoms with Crippen LogP contribution >= 0.6 is 15.9 Å². The van der Waals surface area contributed by atoms with Crippen molar-refractivity contribution in [2.24, 2.45) is 0 Å². The summed E-state index contributed by atoms with van der Waals surface area (Å²) in [5, 5.41) is 6.97. The summed E-state index contributed by atoms with van der Waals surface area (Å²) in [5.41, 5.74) is 1.95. The normalized spacial score (nSPS) is 21.0. The minimum absolute atomic E-state index is 0.205. The van der Waals surface area contributed by atoms with Crippen LogP contribution in [0, 0.1) is 12.7 Å². The van der Waals surface area contributed by atoms with Crippen LogP contribution in [0.15, 0.2) is 16.6 Å². The largest absolute Gasteiger partial charge is 0.382 e. The van der Waals surface area contributed by atoms with Crippen LogP contribution in [0.3, 0.4) is 0 Å². The van der Waals surface area contributed by atoms with Crippen molar-refractivity contribution in [3.63, 3.8) is 0 Å². The lowest BCUT2D eigenvalue weighted by Crippen LogP contribution is -2.29. The Bertz CT molecular complexity index is 417. The van der Waals surface area contributed by atoms with Crippen LogP contribution in [0.25, 0.3) is 0 Å². The molecule has 0 spiro atoms. The summed E-state index contributed by atoms with van der Waals surface area (Å²) < 4.78 is 13.9. The van der Waals surface area contributed by atoms with Gasteiger partial charge in [0.15, 0.2) is 0 Å². The van der Waals surface area contributed by atoms with E-state index in [1.54, 1.807) is 6.07 Å². The van der Waals surface area contributed by atoms with Gasteiger partial charge in [0.25, 0.3) is 0 Å². The highest BCUT2D eigenvalue weighted by Crippen LogP contribution is 2.25. The Hall–Kier alpha value is -0.610. The molecule has 0 saturated carbocycles. The standard InChI is InChI=1S/C14H20BrFN2/c1-9-6-13(16)12(15)8-14(9)18-10(2)7-11-4-3-5-17-11/h6,8,10-11,17-18H,3-5,7H2,1-2H3. The van der Waals surface area contributed by atoms with E-state index in [2.05, 4.69) is 33.5 Å². The van der Waals surface area contributed by atoms with E-state index in [9.17, 15) is 4.39 Å². The molecule has 0 radical (unpaired) electrons. The maximum absolute atomic E-state index is 13.3. The molecule has 2 unspecified atom stereocenters. The zero-order valence-corrected chi connectivity index (χ0v) is 12.5. The lowest BCUT2D eigenvalue weighted by molar-refractivity contribution is 0.523. The number of aryl methyl sites for hydroxylation is 1. The topological polar surface area (TPSA) is 24.1 Å². The number of hydrogen-bond acceptors (Lipinski definition) is 2. The molecule has 4 heteroatoms. The molecule has 18 heavy (non-hydrogen) atoms. The Morgan fingerprint density at radius 3 is 3.00 bits per heavy atom. The van der Waals surface area contributed by atoms with E-state index in [-0.39, 0.29) is 5.82 Å². The van der Waals surface area contributed by atoms with Crippen molar-refractivity contribution in [1.29, 1.82) is 0 Å². The maximum Gasteiger partial charge on any atom is 0.137 e. The first-order valence-corrected chi connectivity index (χ1v) is 7.31. The van der Waals surface area contributed by atoms with Crippen LogP contribution in [0.5, 0.6) is 0 Å². The summed E-state index contributed by atoms with van der Waals surface area (Å²) in [6.07, 6.45) is 3.64. The average Bonchev–Trinajstić information content (AvgIpc) is 2.78. The molecular formula is C14H20BrFN2. The number of anilines is 1. The molecule has 2 atom stereocenters. The van der Waals surface area contributed by atoms with Crippen LogP contribution in [-0.4, -0.2) is 18.6 Å². The fourth-order valence-corrected chi connectivity index (χ4v) is 2.85. The molecule has 2 nitrogen and oxygen atoms in total. The number of nitrogens with one attached hydrogen (secondary N) is 2. The minimum Gasteiger partial charge on any atom is -0.382 e.